The van der Waals surface area contributed by atoms with Crippen LogP contribution in [0.3, 0.4) is 0 Å². The average molecular weight is 174 g/mol. The summed E-state index contributed by atoms with van der Waals surface area (Å²) in [6.45, 7) is 0. The average Bonchev–Trinajstić information content (AvgIpc) is 2.18. The second-order valence-corrected chi connectivity index (χ2v) is 3.22. The summed E-state index contributed by atoms with van der Waals surface area (Å²) in [6.07, 6.45) is 23.5. The van der Waals surface area contributed by atoms with E-state index in [1.807, 2.05) is 0 Å². The zero-order chi connectivity index (χ0) is 9.19. The molecule has 0 nitrogen and oxygen atoms in total. The van der Waals surface area contributed by atoms with E-state index in [4.69, 9.17) is 0 Å². The maximum atomic E-state index is 2.30. The van der Waals surface area contributed by atoms with Gasteiger partial charge in [-0.3, -0.25) is 0 Å². The van der Waals surface area contributed by atoms with Gasteiger partial charge in [-0.1, -0.05) is 48.6 Å². The molecule has 0 aromatic carbocycles. The lowest BCUT2D eigenvalue weighted by molar-refractivity contribution is 0.863. The molecule has 70 valence electrons. The highest BCUT2D eigenvalue weighted by Crippen LogP contribution is 2.01. The molecule has 1 aliphatic carbocycles. The number of hydrogen-bond acceptors (Lipinski definition) is 0. The van der Waals surface area contributed by atoms with Crippen molar-refractivity contribution in [1.82, 2.24) is 0 Å². The highest BCUT2D eigenvalue weighted by atomic mass is 13.9. The largest absolute Gasteiger partial charge is 0.0885 e. The molecule has 1 aliphatic rings. The zero-order valence-electron chi connectivity index (χ0n) is 8.15. The van der Waals surface area contributed by atoms with Crippen LogP contribution in [-0.4, -0.2) is 0 Å². The van der Waals surface area contributed by atoms with Gasteiger partial charge in [0, 0.05) is 0 Å². The van der Waals surface area contributed by atoms with E-state index in [-0.39, 0.29) is 0 Å². The van der Waals surface area contributed by atoms with Crippen LogP contribution < -0.4 is 0 Å². The first-order valence-electron chi connectivity index (χ1n) is 5.13. The van der Waals surface area contributed by atoms with Gasteiger partial charge in [0.2, 0.25) is 0 Å². The molecule has 0 amide bonds. The van der Waals surface area contributed by atoms with E-state index in [1.165, 1.54) is 25.7 Å². The molecule has 0 heterocycles. The molecule has 0 fully saturated rings. The van der Waals surface area contributed by atoms with Gasteiger partial charge in [0.15, 0.2) is 0 Å². The van der Waals surface area contributed by atoms with Gasteiger partial charge < -0.3 is 0 Å². The Hall–Kier alpha value is -1.04. The van der Waals surface area contributed by atoms with Crippen molar-refractivity contribution in [1.29, 1.82) is 0 Å². The molecule has 0 aliphatic heterocycles. The molecule has 0 saturated heterocycles. The monoisotopic (exact) mass is 174 g/mol. The van der Waals surface area contributed by atoms with Crippen LogP contribution in [0.2, 0.25) is 0 Å². The lowest BCUT2D eigenvalue weighted by atomic mass is 10.2. The van der Waals surface area contributed by atoms with Crippen LogP contribution in [0.15, 0.2) is 48.6 Å². The third kappa shape index (κ3) is 6.15. The fourth-order valence-electron chi connectivity index (χ4n) is 1.26. The molecule has 0 saturated carbocycles. The summed E-state index contributed by atoms with van der Waals surface area (Å²) >= 11 is 0. The van der Waals surface area contributed by atoms with Gasteiger partial charge in [-0.05, 0) is 32.1 Å². The Morgan fingerprint density at radius 1 is 0.462 bits per heavy atom. The Labute approximate surface area is 81.4 Å². The van der Waals surface area contributed by atoms with Gasteiger partial charge in [-0.25, -0.2) is 0 Å². The first kappa shape index (κ1) is 10.0. The quantitative estimate of drug-likeness (QED) is 0.483. The Balaban J connectivity index is 2.38. The van der Waals surface area contributed by atoms with Crippen LogP contribution in [0.5, 0.6) is 0 Å². The summed E-state index contributed by atoms with van der Waals surface area (Å²) in [7, 11) is 0. The summed E-state index contributed by atoms with van der Waals surface area (Å²) in [5.41, 5.74) is 0. The van der Waals surface area contributed by atoms with E-state index in [2.05, 4.69) is 48.6 Å². The first-order valence-corrected chi connectivity index (χ1v) is 5.13. The number of hydrogen-bond donors (Lipinski definition) is 0. The highest BCUT2D eigenvalue weighted by Gasteiger charge is 1.81. The molecule has 0 aromatic rings. The van der Waals surface area contributed by atoms with E-state index in [1.54, 1.807) is 0 Å². The van der Waals surface area contributed by atoms with Crippen molar-refractivity contribution in [3.05, 3.63) is 48.6 Å². The minimum Gasteiger partial charge on any atom is -0.0885 e. The molecule has 0 heteroatoms. The van der Waals surface area contributed by atoms with Crippen LogP contribution in [0.1, 0.15) is 32.1 Å². The van der Waals surface area contributed by atoms with Crippen LogP contribution in [0.4, 0.5) is 0 Å². The van der Waals surface area contributed by atoms with E-state index < -0.39 is 0 Å². The fourth-order valence-corrected chi connectivity index (χ4v) is 1.26. The summed E-state index contributed by atoms with van der Waals surface area (Å²) in [4.78, 5) is 0. The molecule has 0 aromatic heterocycles. The standard InChI is InChI=1S/C13H18/c1-2-4-6-8-10-12-13-11-9-7-5-3-1/h1-6,11,13H,7-10,12H2/b2-1+,5-3-,6-4-,13-11+. The molecule has 0 atom stereocenters. The zero-order valence-corrected chi connectivity index (χ0v) is 8.15. The Morgan fingerprint density at radius 2 is 1.00 bits per heavy atom. The van der Waals surface area contributed by atoms with Crippen LogP contribution >= 0.6 is 0 Å². The maximum Gasteiger partial charge on any atom is -0.0313 e. The molecular formula is C13H18. The van der Waals surface area contributed by atoms with Crippen molar-refractivity contribution in [3.8, 4) is 0 Å². The van der Waals surface area contributed by atoms with Crippen molar-refractivity contribution < 1.29 is 0 Å². The summed E-state index contributed by atoms with van der Waals surface area (Å²) in [6, 6.07) is 0. The smallest absolute Gasteiger partial charge is 0.0313 e. The Morgan fingerprint density at radius 3 is 1.85 bits per heavy atom. The van der Waals surface area contributed by atoms with Crippen LogP contribution in [0, 0.1) is 0 Å². The van der Waals surface area contributed by atoms with Gasteiger partial charge in [0.1, 0.15) is 0 Å². The van der Waals surface area contributed by atoms with E-state index in [0.717, 1.165) is 6.42 Å². The lowest BCUT2D eigenvalue weighted by Gasteiger charge is -1.89. The minimum absolute atomic E-state index is 1.16. The van der Waals surface area contributed by atoms with Gasteiger partial charge in [-0.2, -0.15) is 0 Å². The van der Waals surface area contributed by atoms with Gasteiger partial charge in [0.05, 0.1) is 0 Å². The van der Waals surface area contributed by atoms with E-state index in [0.29, 0.717) is 0 Å². The molecule has 0 N–H and O–H groups in total. The molecule has 0 bridgehead atoms. The van der Waals surface area contributed by atoms with Crippen molar-refractivity contribution in [2.24, 2.45) is 0 Å². The second-order valence-electron chi connectivity index (χ2n) is 3.22. The summed E-state index contributed by atoms with van der Waals surface area (Å²) in [5.74, 6) is 0. The third-order valence-electron chi connectivity index (χ3n) is 2.01. The molecule has 1 rings (SSSR count). The van der Waals surface area contributed by atoms with Gasteiger partial charge in [0.25, 0.3) is 0 Å². The normalized spacial score (nSPS) is 28.9. The highest BCUT2D eigenvalue weighted by molar-refractivity contribution is 5.11. The predicted molar refractivity (Wildman–Crippen MR) is 59.6 cm³/mol. The summed E-state index contributed by atoms with van der Waals surface area (Å²) in [5, 5.41) is 0. The van der Waals surface area contributed by atoms with Crippen LogP contribution in [-0.2, 0) is 0 Å². The van der Waals surface area contributed by atoms with E-state index >= 15 is 0 Å². The molecule has 13 heavy (non-hydrogen) atoms. The van der Waals surface area contributed by atoms with Gasteiger partial charge in [-0.15, -0.1) is 0 Å². The van der Waals surface area contributed by atoms with Crippen molar-refractivity contribution >= 4 is 0 Å². The molecule has 0 radical (unpaired) electrons. The van der Waals surface area contributed by atoms with Crippen molar-refractivity contribution in [2.45, 2.75) is 32.1 Å². The predicted octanol–water partition coefficient (Wildman–Crippen LogP) is 4.18. The first-order chi connectivity index (χ1) is 6.50. The maximum absolute atomic E-state index is 2.30. The van der Waals surface area contributed by atoms with Crippen molar-refractivity contribution in [2.75, 3.05) is 0 Å². The number of allylic oxidation sites excluding steroid dienone is 8. The third-order valence-corrected chi connectivity index (χ3v) is 2.01. The fraction of sp³-hybridized carbons (Fsp3) is 0.385. The van der Waals surface area contributed by atoms with Crippen LogP contribution in [0.25, 0.3) is 0 Å². The topological polar surface area (TPSA) is 0 Å². The summed E-state index contributed by atoms with van der Waals surface area (Å²) < 4.78 is 0. The number of rotatable bonds is 0. The molecular weight excluding hydrogens is 156 g/mol. The SMILES string of the molecule is C1=C\CC/C=C/CCC\C=C/C=C/1. The lowest BCUT2D eigenvalue weighted by Crippen LogP contribution is -1.69. The van der Waals surface area contributed by atoms with Gasteiger partial charge >= 0.3 is 0 Å². The van der Waals surface area contributed by atoms with E-state index in [9.17, 15) is 0 Å². The Bertz CT molecular complexity index is 216. The Kier molecular flexibility index (Phi) is 5.87. The molecule has 0 unspecified atom stereocenters. The molecule has 0 spiro atoms. The minimum atomic E-state index is 1.16. The second kappa shape index (κ2) is 7.60. The van der Waals surface area contributed by atoms with Crippen molar-refractivity contribution in [3.63, 3.8) is 0 Å².